The SMILES string of the molecule is CN(C)CC(=O)N1c2ccccc2NC(=S)c2cccnc21. The van der Waals surface area contributed by atoms with Crippen LogP contribution in [0.3, 0.4) is 0 Å². The summed E-state index contributed by atoms with van der Waals surface area (Å²) in [7, 11) is 3.73. The van der Waals surface area contributed by atoms with Crippen LogP contribution in [0.4, 0.5) is 17.2 Å². The van der Waals surface area contributed by atoms with Crippen LogP contribution in [0.15, 0.2) is 42.6 Å². The Morgan fingerprint density at radius 1 is 1.27 bits per heavy atom. The molecule has 0 aliphatic carbocycles. The second kappa shape index (κ2) is 5.82. The number of aromatic nitrogens is 1. The highest BCUT2D eigenvalue weighted by atomic mass is 32.1. The van der Waals surface area contributed by atoms with Crippen molar-refractivity contribution in [2.24, 2.45) is 0 Å². The van der Waals surface area contributed by atoms with Gasteiger partial charge in [0.05, 0.1) is 23.5 Å². The second-order valence-corrected chi connectivity index (χ2v) is 5.72. The molecule has 0 fully saturated rings. The fourth-order valence-electron chi connectivity index (χ4n) is 2.42. The quantitative estimate of drug-likeness (QED) is 0.863. The number of amides is 1. The van der Waals surface area contributed by atoms with Crippen LogP contribution in [0.25, 0.3) is 0 Å². The standard InChI is InChI=1S/C16H16N4OS/c1-19(2)10-14(21)20-13-8-4-3-7-12(13)18-16(22)11-6-5-9-17-15(11)20/h3-9H,10H2,1-2H3,(H,18,22). The number of carbonyl (C=O) groups is 1. The first-order valence-electron chi connectivity index (χ1n) is 6.91. The number of likely N-dealkylation sites (N-methyl/N-ethyl adjacent to an activating group) is 1. The third-order valence-electron chi connectivity index (χ3n) is 3.34. The third-order valence-corrected chi connectivity index (χ3v) is 3.66. The fourth-order valence-corrected chi connectivity index (χ4v) is 2.69. The van der Waals surface area contributed by atoms with Gasteiger partial charge in [-0.15, -0.1) is 0 Å². The van der Waals surface area contributed by atoms with Crippen molar-refractivity contribution in [3.8, 4) is 0 Å². The predicted octanol–water partition coefficient (Wildman–Crippen LogP) is 2.41. The number of nitrogens with one attached hydrogen (secondary N) is 1. The zero-order chi connectivity index (χ0) is 15.7. The molecule has 1 N–H and O–H groups in total. The van der Waals surface area contributed by atoms with Gasteiger partial charge in [-0.05, 0) is 38.4 Å². The van der Waals surface area contributed by atoms with Gasteiger partial charge in [0.15, 0.2) is 0 Å². The summed E-state index contributed by atoms with van der Waals surface area (Å²) < 4.78 is 0. The number of anilines is 3. The summed E-state index contributed by atoms with van der Waals surface area (Å²) in [5, 5.41) is 3.20. The predicted molar refractivity (Wildman–Crippen MR) is 91.7 cm³/mol. The number of nitrogens with zero attached hydrogens (tertiary/aromatic N) is 3. The normalized spacial score (nSPS) is 13.2. The van der Waals surface area contributed by atoms with Gasteiger partial charge in [-0.3, -0.25) is 9.69 Å². The van der Waals surface area contributed by atoms with E-state index in [1.807, 2.05) is 55.4 Å². The number of carbonyl (C=O) groups excluding carboxylic acids is 1. The maximum atomic E-state index is 12.8. The first kappa shape index (κ1) is 14.6. The largest absolute Gasteiger partial charge is 0.344 e. The van der Waals surface area contributed by atoms with E-state index >= 15 is 0 Å². The van der Waals surface area contributed by atoms with Crippen LogP contribution in [0.1, 0.15) is 5.56 Å². The highest BCUT2D eigenvalue weighted by molar-refractivity contribution is 7.81. The number of hydrogen-bond donors (Lipinski definition) is 1. The van der Waals surface area contributed by atoms with Crippen LogP contribution in [0, 0.1) is 0 Å². The first-order valence-corrected chi connectivity index (χ1v) is 7.32. The summed E-state index contributed by atoms with van der Waals surface area (Å²) in [4.78, 5) is 21.2. The number of benzene rings is 1. The molecule has 0 atom stereocenters. The molecule has 0 spiro atoms. The van der Waals surface area contributed by atoms with Crippen molar-refractivity contribution < 1.29 is 4.79 Å². The van der Waals surface area contributed by atoms with Crippen molar-refractivity contribution in [2.45, 2.75) is 0 Å². The van der Waals surface area contributed by atoms with Gasteiger partial charge in [-0.1, -0.05) is 24.4 Å². The van der Waals surface area contributed by atoms with Crippen LogP contribution in [0.2, 0.25) is 0 Å². The Morgan fingerprint density at radius 2 is 2.05 bits per heavy atom. The topological polar surface area (TPSA) is 48.5 Å². The maximum absolute atomic E-state index is 12.8. The van der Waals surface area contributed by atoms with Gasteiger partial charge in [-0.2, -0.15) is 0 Å². The maximum Gasteiger partial charge on any atom is 0.246 e. The molecule has 0 saturated carbocycles. The average Bonchev–Trinajstić information content (AvgIpc) is 2.61. The number of pyridine rings is 1. The highest BCUT2D eigenvalue weighted by Gasteiger charge is 2.28. The number of hydrogen-bond acceptors (Lipinski definition) is 4. The first-order chi connectivity index (χ1) is 10.6. The molecular formula is C16H16N4OS. The van der Waals surface area contributed by atoms with Gasteiger partial charge < -0.3 is 10.2 Å². The second-order valence-electron chi connectivity index (χ2n) is 5.31. The lowest BCUT2D eigenvalue weighted by Crippen LogP contribution is -2.35. The summed E-state index contributed by atoms with van der Waals surface area (Å²) in [6.07, 6.45) is 1.67. The molecular weight excluding hydrogens is 296 g/mol. The molecule has 112 valence electrons. The lowest BCUT2D eigenvalue weighted by molar-refractivity contribution is -0.118. The zero-order valence-electron chi connectivity index (χ0n) is 12.4. The minimum Gasteiger partial charge on any atom is -0.344 e. The Morgan fingerprint density at radius 3 is 2.82 bits per heavy atom. The van der Waals surface area contributed by atoms with E-state index < -0.39 is 0 Å². The summed E-state index contributed by atoms with van der Waals surface area (Å²) in [6, 6.07) is 11.3. The molecule has 0 bridgehead atoms. The smallest absolute Gasteiger partial charge is 0.246 e. The molecule has 2 heterocycles. The molecule has 0 saturated heterocycles. The molecule has 3 rings (SSSR count). The van der Waals surface area contributed by atoms with E-state index in [4.69, 9.17) is 12.2 Å². The molecule has 1 aliphatic rings. The minimum atomic E-state index is -0.0519. The highest BCUT2D eigenvalue weighted by Crippen LogP contribution is 2.36. The Bertz CT molecular complexity index is 744. The van der Waals surface area contributed by atoms with Crippen molar-refractivity contribution in [3.63, 3.8) is 0 Å². The van der Waals surface area contributed by atoms with Crippen LogP contribution in [-0.4, -0.2) is 41.4 Å². The van der Waals surface area contributed by atoms with E-state index in [2.05, 4.69) is 10.3 Å². The molecule has 2 aromatic rings. The number of rotatable bonds is 2. The Balaban J connectivity index is 2.20. The molecule has 1 aromatic heterocycles. The molecule has 5 nitrogen and oxygen atoms in total. The van der Waals surface area contributed by atoms with Gasteiger partial charge in [0, 0.05) is 6.20 Å². The lowest BCUT2D eigenvalue weighted by Gasteiger charge is -2.24. The zero-order valence-corrected chi connectivity index (χ0v) is 13.2. The van der Waals surface area contributed by atoms with Crippen LogP contribution in [-0.2, 0) is 4.79 Å². The van der Waals surface area contributed by atoms with E-state index in [9.17, 15) is 4.79 Å². The van der Waals surface area contributed by atoms with Gasteiger partial charge in [0.1, 0.15) is 10.8 Å². The summed E-state index contributed by atoms with van der Waals surface area (Å²) in [5.74, 6) is 0.515. The molecule has 1 amide bonds. The van der Waals surface area contributed by atoms with Gasteiger partial charge in [-0.25, -0.2) is 4.98 Å². The summed E-state index contributed by atoms with van der Waals surface area (Å²) in [5.41, 5.74) is 2.31. The van der Waals surface area contributed by atoms with Crippen LogP contribution >= 0.6 is 12.2 Å². The van der Waals surface area contributed by atoms with Crippen LogP contribution in [0.5, 0.6) is 0 Å². The molecule has 1 aromatic carbocycles. The Kier molecular flexibility index (Phi) is 3.87. The molecule has 6 heteroatoms. The van der Waals surface area contributed by atoms with E-state index in [-0.39, 0.29) is 12.5 Å². The fraction of sp³-hybridized carbons (Fsp3) is 0.188. The molecule has 0 radical (unpaired) electrons. The lowest BCUT2D eigenvalue weighted by atomic mass is 10.2. The molecule has 1 aliphatic heterocycles. The van der Waals surface area contributed by atoms with Gasteiger partial charge in [0.2, 0.25) is 5.91 Å². The molecule has 0 unspecified atom stereocenters. The van der Waals surface area contributed by atoms with Crippen molar-refractivity contribution in [1.29, 1.82) is 0 Å². The van der Waals surface area contributed by atoms with E-state index in [0.717, 1.165) is 16.9 Å². The number of fused-ring (bicyclic) bond motifs is 2. The Hall–Kier alpha value is -2.31. The average molecular weight is 312 g/mol. The number of thiocarbonyl (C=S) groups is 1. The summed E-state index contributed by atoms with van der Waals surface area (Å²) >= 11 is 5.45. The van der Waals surface area contributed by atoms with Gasteiger partial charge in [0.25, 0.3) is 0 Å². The monoisotopic (exact) mass is 312 g/mol. The van der Waals surface area contributed by atoms with Crippen molar-refractivity contribution in [2.75, 3.05) is 30.9 Å². The van der Waals surface area contributed by atoms with Crippen LogP contribution < -0.4 is 10.2 Å². The van der Waals surface area contributed by atoms with E-state index in [0.29, 0.717) is 10.8 Å². The Labute approximate surface area is 134 Å². The number of para-hydroxylation sites is 2. The molecule has 22 heavy (non-hydrogen) atoms. The van der Waals surface area contributed by atoms with Crippen molar-refractivity contribution in [3.05, 3.63) is 48.2 Å². The van der Waals surface area contributed by atoms with Crippen molar-refractivity contribution >= 4 is 40.3 Å². The third kappa shape index (κ3) is 2.58. The van der Waals surface area contributed by atoms with Crippen molar-refractivity contribution in [1.82, 2.24) is 9.88 Å². The minimum absolute atomic E-state index is 0.0519. The van der Waals surface area contributed by atoms with E-state index in [1.54, 1.807) is 11.1 Å². The van der Waals surface area contributed by atoms with Gasteiger partial charge >= 0.3 is 0 Å². The van der Waals surface area contributed by atoms with E-state index in [1.165, 1.54) is 0 Å². The summed E-state index contributed by atoms with van der Waals surface area (Å²) in [6.45, 7) is 0.289.